The van der Waals surface area contributed by atoms with Crippen molar-refractivity contribution in [2.24, 2.45) is 0 Å². The van der Waals surface area contributed by atoms with Crippen LogP contribution in [0.4, 0.5) is 4.39 Å². The van der Waals surface area contributed by atoms with E-state index in [0.29, 0.717) is 0 Å². The molecular formula is C22H29FN3O9P. The lowest BCUT2D eigenvalue weighted by atomic mass is 9.98. The van der Waals surface area contributed by atoms with Gasteiger partial charge in [-0.3, -0.25) is 23.7 Å². The second kappa shape index (κ2) is 11.1. The molecule has 2 heterocycles. The molecule has 2 unspecified atom stereocenters. The van der Waals surface area contributed by atoms with E-state index in [0.717, 1.165) is 23.8 Å². The van der Waals surface area contributed by atoms with Gasteiger partial charge in [0.15, 0.2) is 11.9 Å². The largest absolute Gasteiger partial charge is 0.462 e. The SMILES string of the molecule is CC(C)OC(=O)C(C)N[P@](=O)(OC[C@H]1OC(n2ccc(=O)[nH]c2=O)[C@](C)(F)[C@@H]1O)Oc1ccccc1. The maximum Gasteiger partial charge on any atom is 0.459 e. The number of hydrogen-bond acceptors (Lipinski definition) is 9. The average Bonchev–Trinajstić information content (AvgIpc) is 3.01. The zero-order valence-electron chi connectivity index (χ0n) is 20.1. The van der Waals surface area contributed by atoms with Crippen LogP contribution in [0.1, 0.15) is 33.9 Å². The third-order valence-corrected chi connectivity index (χ3v) is 6.90. The summed E-state index contributed by atoms with van der Waals surface area (Å²) in [5, 5.41) is 13.0. The van der Waals surface area contributed by atoms with Crippen LogP contribution in [0.25, 0.3) is 0 Å². The van der Waals surface area contributed by atoms with Crippen molar-refractivity contribution >= 4 is 13.7 Å². The highest BCUT2D eigenvalue weighted by molar-refractivity contribution is 7.52. The van der Waals surface area contributed by atoms with Crippen molar-refractivity contribution < 1.29 is 37.4 Å². The maximum atomic E-state index is 15.4. The minimum absolute atomic E-state index is 0.152. The number of aliphatic hydroxyl groups is 1. The molecule has 1 saturated heterocycles. The molecule has 1 fully saturated rings. The molecule has 0 bridgehead atoms. The number of carbonyl (C=O) groups excluding carboxylic acids is 1. The van der Waals surface area contributed by atoms with Crippen LogP contribution in [-0.2, 0) is 23.4 Å². The Morgan fingerprint density at radius 2 is 1.94 bits per heavy atom. The molecule has 3 N–H and O–H groups in total. The van der Waals surface area contributed by atoms with Gasteiger partial charge in [0.05, 0.1) is 12.7 Å². The molecule has 36 heavy (non-hydrogen) atoms. The topological polar surface area (TPSA) is 158 Å². The molecule has 12 nitrogen and oxygen atoms in total. The number of aromatic amines is 1. The monoisotopic (exact) mass is 529 g/mol. The Labute approximate surface area is 205 Å². The standard InChI is InChI=1S/C22H29FN3O9P/c1-13(2)33-19(29)14(3)25-36(31,35-15-8-6-5-7-9-15)32-12-16-18(28)22(4,23)20(34-16)26-11-10-17(27)24-21(26)30/h5-11,13-14,16,18,20,28H,12H2,1-4H3,(H,25,31)(H,24,27,30)/t14?,16-,18-,20?,22-,36+/m1/s1. The molecule has 0 saturated carbocycles. The van der Waals surface area contributed by atoms with Crippen LogP contribution in [0.3, 0.4) is 0 Å². The molecule has 1 aliphatic heterocycles. The summed E-state index contributed by atoms with van der Waals surface area (Å²) in [5.74, 6) is -0.560. The molecule has 0 spiro atoms. The molecule has 6 atom stereocenters. The van der Waals surface area contributed by atoms with E-state index in [4.69, 9.17) is 18.5 Å². The number of hydrogen-bond donors (Lipinski definition) is 3. The zero-order valence-corrected chi connectivity index (χ0v) is 21.0. The number of nitrogens with zero attached hydrogens (tertiary/aromatic N) is 1. The molecule has 14 heteroatoms. The number of aliphatic hydroxyl groups excluding tert-OH is 1. The first-order chi connectivity index (χ1) is 16.8. The molecule has 1 aromatic heterocycles. The van der Waals surface area contributed by atoms with E-state index in [2.05, 4.69) is 5.09 Å². The van der Waals surface area contributed by atoms with Crippen LogP contribution in [0.2, 0.25) is 0 Å². The highest BCUT2D eigenvalue weighted by Crippen LogP contribution is 2.47. The van der Waals surface area contributed by atoms with Crippen LogP contribution in [-0.4, -0.2) is 57.3 Å². The number of carbonyl (C=O) groups is 1. The number of rotatable bonds is 10. The Hall–Kier alpha value is -2.83. The summed E-state index contributed by atoms with van der Waals surface area (Å²) in [6, 6.07) is 7.86. The number of halogens is 1. The van der Waals surface area contributed by atoms with E-state index >= 15 is 4.39 Å². The fourth-order valence-electron chi connectivity index (χ4n) is 3.47. The summed E-state index contributed by atoms with van der Waals surface area (Å²) in [6.45, 7) is 5.07. The average molecular weight is 529 g/mol. The van der Waals surface area contributed by atoms with Gasteiger partial charge in [0.2, 0.25) is 0 Å². The predicted molar refractivity (Wildman–Crippen MR) is 125 cm³/mol. The van der Waals surface area contributed by atoms with Crippen LogP contribution >= 0.6 is 7.75 Å². The van der Waals surface area contributed by atoms with E-state index in [9.17, 15) is 24.1 Å². The molecule has 0 amide bonds. The third kappa shape index (κ3) is 6.48. The van der Waals surface area contributed by atoms with E-state index in [1.54, 1.807) is 32.0 Å². The van der Waals surface area contributed by atoms with Crippen molar-refractivity contribution in [1.82, 2.24) is 14.6 Å². The van der Waals surface area contributed by atoms with E-state index in [1.807, 2.05) is 4.98 Å². The van der Waals surface area contributed by atoms with E-state index in [-0.39, 0.29) is 5.75 Å². The second-order valence-electron chi connectivity index (χ2n) is 8.67. The van der Waals surface area contributed by atoms with Crippen molar-refractivity contribution in [3.63, 3.8) is 0 Å². The molecule has 2 aromatic rings. The lowest BCUT2D eigenvalue weighted by molar-refractivity contribution is -0.149. The third-order valence-electron chi connectivity index (χ3n) is 5.26. The molecule has 0 aliphatic carbocycles. The molecule has 0 radical (unpaired) electrons. The fourth-order valence-corrected chi connectivity index (χ4v) is 4.97. The van der Waals surface area contributed by atoms with Crippen molar-refractivity contribution in [1.29, 1.82) is 0 Å². The number of ether oxygens (including phenoxy) is 2. The highest BCUT2D eigenvalue weighted by Gasteiger charge is 2.55. The number of para-hydroxylation sites is 1. The number of benzene rings is 1. The van der Waals surface area contributed by atoms with Crippen LogP contribution in [0.15, 0.2) is 52.2 Å². The van der Waals surface area contributed by atoms with Crippen molar-refractivity contribution in [2.75, 3.05) is 6.61 Å². The minimum atomic E-state index is -4.30. The number of esters is 1. The van der Waals surface area contributed by atoms with Crippen LogP contribution < -0.4 is 20.9 Å². The number of nitrogens with one attached hydrogen (secondary N) is 2. The summed E-state index contributed by atoms with van der Waals surface area (Å²) < 4.78 is 51.4. The minimum Gasteiger partial charge on any atom is -0.462 e. The molecular weight excluding hydrogens is 500 g/mol. The van der Waals surface area contributed by atoms with Crippen LogP contribution in [0.5, 0.6) is 5.75 Å². The molecule has 198 valence electrons. The van der Waals surface area contributed by atoms with Crippen molar-refractivity contribution in [3.05, 3.63) is 63.4 Å². The lowest BCUT2D eigenvalue weighted by Crippen LogP contribution is -2.43. The van der Waals surface area contributed by atoms with Gasteiger partial charge in [0, 0.05) is 12.3 Å². The lowest BCUT2D eigenvalue weighted by Gasteiger charge is -2.25. The Morgan fingerprint density at radius 3 is 2.56 bits per heavy atom. The molecule has 1 aliphatic rings. The Kier molecular flexibility index (Phi) is 8.52. The van der Waals surface area contributed by atoms with Crippen molar-refractivity contribution in [3.8, 4) is 5.75 Å². The Morgan fingerprint density at radius 1 is 1.28 bits per heavy atom. The number of alkyl halides is 1. The predicted octanol–water partition coefficient (Wildman–Crippen LogP) is 1.66. The van der Waals surface area contributed by atoms with Gasteiger partial charge in [-0.2, -0.15) is 5.09 Å². The van der Waals surface area contributed by atoms with E-state index in [1.165, 1.54) is 19.1 Å². The van der Waals surface area contributed by atoms with Crippen molar-refractivity contribution in [2.45, 2.75) is 63.9 Å². The number of H-pyrrole nitrogens is 1. The fraction of sp³-hybridized carbons (Fsp3) is 0.500. The Balaban J connectivity index is 1.80. The van der Waals surface area contributed by atoms with Gasteiger partial charge < -0.3 is 19.1 Å². The summed E-state index contributed by atoms with van der Waals surface area (Å²) in [5.41, 5.74) is -4.12. The van der Waals surface area contributed by atoms with Gasteiger partial charge in [0.1, 0.15) is 24.0 Å². The van der Waals surface area contributed by atoms with Gasteiger partial charge in [-0.25, -0.2) is 13.8 Å². The smallest absolute Gasteiger partial charge is 0.459 e. The second-order valence-corrected chi connectivity index (χ2v) is 10.4. The Bertz CT molecular complexity index is 1220. The summed E-state index contributed by atoms with van der Waals surface area (Å²) in [7, 11) is -4.30. The van der Waals surface area contributed by atoms with E-state index < -0.39 is 67.8 Å². The first kappa shape index (κ1) is 27.8. The summed E-state index contributed by atoms with van der Waals surface area (Å²) in [4.78, 5) is 37.7. The van der Waals surface area contributed by atoms with Gasteiger partial charge in [0.25, 0.3) is 5.56 Å². The zero-order chi connectivity index (χ0) is 26.7. The van der Waals surface area contributed by atoms with Gasteiger partial charge in [-0.15, -0.1) is 0 Å². The van der Waals surface area contributed by atoms with Crippen LogP contribution in [0, 0.1) is 0 Å². The molecule has 1 aromatic carbocycles. The normalized spacial score (nSPS) is 26.4. The first-order valence-corrected chi connectivity index (χ1v) is 12.7. The summed E-state index contributed by atoms with van der Waals surface area (Å²) >= 11 is 0. The van der Waals surface area contributed by atoms with Gasteiger partial charge in [-0.05, 0) is 39.8 Å². The number of aromatic nitrogens is 2. The van der Waals surface area contributed by atoms with Gasteiger partial charge in [-0.1, -0.05) is 18.2 Å². The summed E-state index contributed by atoms with van der Waals surface area (Å²) in [6.07, 6.45) is -4.21. The molecule has 3 rings (SSSR count). The quantitative estimate of drug-likeness (QED) is 0.305. The van der Waals surface area contributed by atoms with Gasteiger partial charge >= 0.3 is 19.4 Å². The highest BCUT2D eigenvalue weighted by atomic mass is 31.2. The first-order valence-electron chi connectivity index (χ1n) is 11.1. The maximum absolute atomic E-state index is 15.4.